The Hall–Kier alpha value is 0.140. The molecule has 0 heterocycles. The molecule has 0 spiro atoms. The number of benzene rings is 1. The van der Waals surface area contributed by atoms with Crippen molar-refractivity contribution in [3.05, 3.63) is 28.2 Å². The van der Waals surface area contributed by atoms with E-state index in [2.05, 4.69) is 59.3 Å². The third kappa shape index (κ3) is 3.57. The molecule has 90 valence electrons. The minimum atomic E-state index is 0.521. The van der Waals surface area contributed by atoms with Gasteiger partial charge in [0.2, 0.25) is 0 Å². The summed E-state index contributed by atoms with van der Waals surface area (Å²) in [4.78, 5) is 2.29. The summed E-state index contributed by atoms with van der Waals surface area (Å²) in [5, 5.41) is 0. The van der Waals surface area contributed by atoms with Crippen molar-refractivity contribution in [2.45, 2.75) is 18.8 Å². The van der Waals surface area contributed by atoms with Gasteiger partial charge in [0.25, 0.3) is 0 Å². The molecule has 1 unspecified atom stereocenters. The molecular weight excluding hydrogens is 306 g/mol. The second kappa shape index (κ2) is 6.77. The number of thioether (sulfide) groups is 1. The lowest BCUT2D eigenvalue weighted by molar-refractivity contribution is 0.764. The van der Waals surface area contributed by atoms with E-state index < -0.39 is 0 Å². The zero-order valence-corrected chi connectivity index (χ0v) is 13.0. The van der Waals surface area contributed by atoms with Crippen molar-refractivity contribution < 1.29 is 0 Å². The summed E-state index contributed by atoms with van der Waals surface area (Å²) >= 11 is 11.3. The molecule has 0 aromatic heterocycles. The van der Waals surface area contributed by atoms with E-state index in [0.717, 1.165) is 15.8 Å². The van der Waals surface area contributed by atoms with Crippen LogP contribution in [0.1, 0.15) is 12.5 Å². The van der Waals surface area contributed by atoms with Gasteiger partial charge < -0.3 is 4.90 Å². The van der Waals surface area contributed by atoms with E-state index in [1.165, 1.54) is 5.69 Å². The van der Waals surface area contributed by atoms with Crippen molar-refractivity contribution in [1.29, 1.82) is 0 Å². The average Bonchev–Trinajstić information content (AvgIpc) is 2.28. The number of rotatable bonds is 5. The van der Waals surface area contributed by atoms with Gasteiger partial charge in [0.05, 0.1) is 5.69 Å². The zero-order chi connectivity index (χ0) is 12.1. The molecule has 0 aliphatic heterocycles. The predicted molar refractivity (Wildman–Crippen MR) is 79.9 cm³/mol. The van der Waals surface area contributed by atoms with Gasteiger partial charge in [-0.1, -0.05) is 6.07 Å². The normalized spacial score (nSPS) is 12.6. The average molecular weight is 323 g/mol. The van der Waals surface area contributed by atoms with Crippen LogP contribution in [0.5, 0.6) is 0 Å². The molecule has 1 nitrogen and oxygen atoms in total. The predicted octanol–water partition coefficient (Wildman–Crippen LogP) is 4.38. The van der Waals surface area contributed by atoms with Crippen LogP contribution < -0.4 is 4.90 Å². The fourth-order valence-electron chi connectivity index (χ4n) is 1.51. The standard InChI is InChI=1S/C12H17BrClNS/c1-9(8-16-3)15(2)12-5-4-10(7-14)6-11(12)13/h4-6,9H,7-8H2,1-3H3. The molecule has 1 aromatic rings. The van der Waals surface area contributed by atoms with Crippen LogP contribution in [0.15, 0.2) is 22.7 Å². The van der Waals surface area contributed by atoms with E-state index in [0.29, 0.717) is 11.9 Å². The number of alkyl halides is 1. The second-order valence-electron chi connectivity index (χ2n) is 3.83. The van der Waals surface area contributed by atoms with Crippen LogP contribution >= 0.6 is 39.3 Å². The summed E-state index contributed by atoms with van der Waals surface area (Å²) in [6.45, 7) is 2.23. The fourth-order valence-corrected chi connectivity index (χ4v) is 3.09. The number of hydrogen-bond acceptors (Lipinski definition) is 2. The molecule has 0 saturated heterocycles. The van der Waals surface area contributed by atoms with E-state index in [9.17, 15) is 0 Å². The third-order valence-electron chi connectivity index (χ3n) is 2.62. The first-order valence-electron chi connectivity index (χ1n) is 5.16. The highest BCUT2D eigenvalue weighted by molar-refractivity contribution is 9.10. The van der Waals surface area contributed by atoms with E-state index in [1.54, 1.807) is 0 Å². The van der Waals surface area contributed by atoms with E-state index in [1.807, 2.05) is 11.8 Å². The first-order valence-corrected chi connectivity index (χ1v) is 7.88. The van der Waals surface area contributed by atoms with Gasteiger partial charge >= 0.3 is 0 Å². The van der Waals surface area contributed by atoms with Gasteiger partial charge in [-0.25, -0.2) is 0 Å². The molecule has 0 fully saturated rings. The van der Waals surface area contributed by atoms with Crippen molar-refractivity contribution in [1.82, 2.24) is 0 Å². The third-order valence-corrected chi connectivity index (χ3v) is 4.37. The lowest BCUT2D eigenvalue weighted by Crippen LogP contribution is -2.31. The first-order chi connectivity index (χ1) is 7.60. The lowest BCUT2D eigenvalue weighted by atomic mass is 10.2. The monoisotopic (exact) mass is 321 g/mol. The van der Waals surface area contributed by atoms with Gasteiger partial charge in [0, 0.05) is 29.2 Å². The summed E-state index contributed by atoms with van der Waals surface area (Å²) in [5.74, 6) is 1.68. The molecule has 0 radical (unpaired) electrons. The number of anilines is 1. The smallest absolute Gasteiger partial charge is 0.0510 e. The van der Waals surface area contributed by atoms with E-state index in [4.69, 9.17) is 11.6 Å². The van der Waals surface area contributed by atoms with Crippen LogP contribution in [0, 0.1) is 0 Å². The summed E-state index contributed by atoms with van der Waals surface area (Å²) in [6.07, 6.45) is 2.13. The maximum atomic E-state index is 5.81. The molecule has 0 bridgehead atoms. The fraction of sp³-hybridized carbons (Fsp3) is 0.500. The highest BCUT2D eigenvalue weighted by Crippen LogP contribution is 2.28. The Bertz CT molecular complexity index is 346. The van der Waals surface area contributed by atoms with Crippen LogP contribution in [0.3, 0.4) is 0 Å². The highest BCUT2D eigenvalue weighted by atomic mass is 79.9. The molecule has 1 atom stereocenters. The molecule has 1 aromatic carbocycles. The Morgan fingerprint density at radius 1 is 1.50 bits per heavy atom. The highest BCUT2D eigenvalue weighted by Gasteiger charge is 2.12. The second-order valence-corrected chi connectivity index (χ2v) is 5.87. The maximum Gasteiger partial charge on any atom is 0.0510 e. The molecule has 4 heteroatoms. The van der Waals surface area contributed by atoms with Crippen LogP contribution in [0.4, 0.5) is 5.69 Å². The summed E-state index contributed by atoms with van der Waals surface area (Å²) in [7, 11) is 2.13. The summed E-state index contributed by atoms with van der Waals surface area (Å²) < 4.78 is 1.11. The van der Waals surface area contributed by atoms with Crippen molar-refractivity contribution in [3.8, 4) is 0 Å². The van der Waals surface area contributed by atoms with Crippen molar-refractivity contribution in [2.24, 2.45) is 0 Å². The topological polar surface area (TPSA) is 3.24 Å². The minimum absolute atomic E-state index is 0.521. The molecule has 0 amide bonds. The number of hydrogen-bond donors (Lipinski definition) is 0. The quantitative estimate of drug-likeness (QED) is 0.740. The Morgan fingerprint density at radius 2 is 2.19 bits per heavy atom. The van der Waals surface area contributed by atoms with Crippen molar-refractivity contribution in [3.63, 3.8) is 0 Å². The van der Waals surface area contributed by atoms with Gasteiger partial charge in [-0.3, -0.25) is 0 Å². The van der Waals surface area contributed by atoms with Gasteiger partial charge in [-0.05, 0) is 46.8 Å². The van der Waals surface area contributed by atoms with Crippen LogP contribution in [-0.2, 0) is 5.88 Å². The van der Waals surface area contributed by atoms with Crippen molar-refractivity contribution >= 4 is 45.0 Å². The Balaban J connectivity index is 2.87. The number of nitrogens with zero attached hydrogens (tertiary/aromatic N) is 1. The minimum Gasteiger partial charge on any atom is -0.370 e. The van der Waals surface area contributed by atoms with Gasteiger partial charge in [0.1, 0.15) is 0 Å². The SMILES string of the molecule is CSCC(C)N(C)c1ccc(CCl)cc1Br. The first kappa shape index (κ1) is 14.2. The van der Waals surface area contributed by atoms with Gasteiger partial charge in [-0.2, -0.15) is 11.8 Å². The summed E-state index contributed by atoms with van der Waals surface area (Å²) in [5.41, 5.74) is 2.36. The summed E-state index contributed by atoms with van der Waals surface area (Å²) in [6, 6.07) is 6.81. The Morgan fingerprint density at radius 3 is 2.69 bits per heavy atom. The van der Waals surface area contributed by atoms with E-state index in [-0.39, 0.29) is 0 Å². The van der Waals surface area contributed by atoms with Crippen LogP contribution in [-0.4, -0.2) is 25.1 Å². The van der Waals surface area contributed by atoms with Crippen LogP contribution in [0.25, 0.3) is 0 Å². The zero-order valence-electron chi connectivity index (χ0n) is 9.84. The molecule has 1 rings (SSSR count). The van der Waals surface area contributed by atoms with E-state index >= 15 is 0 Å². The lowest BCUT2D eigenvalue weighted by Gasteiger charge is -2.27. The molecule has 0 aliphatic rings. The van der Waals surface area contributed by atoms with Gasteiger partial charge in [0.15, 0.2) is 0 Å². The number of halogens is 2. The Kier molecular flexibility index (Phi) is 6.01. The van der Waals surface area contributed by atoms with Gasteiger partial charge in [-0.15, -0.1) is 11.6 Å². The largest absolute Gasteiger partial charge is 0.370 e. The molecule has 0 aliphatic carbocycles. The molecular formula is C12H17BrClNS. The van der Waals surface area contributed by atoms with Crippen molar-refractivity contribution in [2.75, 3.05) is 24.0 Å². The Labute approximate surface area is 116 Å². The molecule has 16 heavy (non-hydrogen) atoms. The molecule has 0 saturated carbocycles. The molecule has 0 N–H and O–H groups in total. The van der Waals surface area contributed by atoms with Crippen LogP contribution in [0.2, 0.25) is 0 Å². The maximum absolute atomic E-state index is 5.81.